The van der Waals surface area contributed by atoms with Gasteiger partial charge in [-0.25, -0.2) is 0 Å². The second kappa shape index (κ2) is 13.9. The highest BCUT2D eigenvalue weighted by molar-refractivity contribution is 5.37. The van der Waals surface area contributed by atoms with Crippen molar-refractivity contribution in [1.82, 2.24) is 0 Å². The Hall–Kier alpha value is -5.18. The summed E-state index contributed by atoms with van der Waals surface area (Å²) < 4.78 is 34.9. The fraction of sp³-hybridized carbons (Fsp3) is 0.167. The van der Waals surface area contributed by atoms with E-state index in [4.69, 9.17) is 28.4 Å². The van der Waals surface area contributed by atoms with Gasteiger partial charge in [-0.15, -0.1) is 0 Å². The van der Waals surface area contributed by atoms with Gasteiger partial charge in [-0.2, -0.15) is 0 Å². The lowest BCUT2D eigenvalue weighted by Gasteiger charge is -2.29. The molecule has 0 saturated carbocycles. The number of benzene rings is 5. The molecule has 0 heterocycles. The summed E-state index contributed by atoms with van der Waals surface area (Å²) in [6, 6.07) is 39.0. The molecular weight excluding hydrogens is 560 g/mol. The van der Waals surface area contributed by atoms with Crippen LogP contribution in [0.15, 0.2) is 133 Å². The van der Waals surface area contributed by atoms with Gasteiger partial charge >= 0.3 is 11.9 Å². The van der Waals surface area contributed by atoms with Crippen molar-refractivity contribution in [2.24, 2.45) is 0 Å². The van der Waals surface area contributed by atoms with Crippen LogP contribution in [0.25, 0.3) is 0 Å². The Bertz CT molecular complexity index is 1480. The van der Waals surface area contributed by atoms with Crippen LogP contribution in [0.4, 0.5) is 0 Å². The summed E-state index contributed by atoms with van der Waals surface area (Å²) in [6.07, 6.45) is 0.235. The lowest BCUT2D eigenvalue weighted by atomic mass is 10.3. The number of para-hydroxylation sites is 2. The zero-order chi connectivity index (χ0) is 30.8. The van der Waals surface area contributed by atoms with Gasteiger partial charge in [0.25, 0.3) is 0 Å². The van der Waals surface area contributed by atoms with Crippen LogP contribution < -0.4 is 28.4 Å². The Labute approximate surface area is 256 Å². The highest BCUT2D eigenvalue weighted by atomic mass is 16.8. The quantitative estimate of drug-likeness (QED) is 0.124. The van der Waals surface area contributed by atoms with E-state index < -0.39 is 11.9 Å². The second-order valence-corrected chi connectivity index (χ2v) is 9.79. The van der Waals surface area contributed by atoms with E-state index in [1.165, 1.54) is 6.07 Å². The fourth-order valence-electron chi connectivity index (χ4n) is 4.07. The molecule has 2 N–H and O–H groups in total. The molecule has 0 amide bonds. The van der Waals surface area contributed by atoms with Gasteiger partial charge in [-0.1, -0.05) is 56.3 Å². The van der Waals surface area contributed by atoms with E-state index >= 15 is 0 Å². The van der Waals surface area contributed by atoms with Gasteiger partial charge in [-0.05, 0) is 84.9 Å². The van der Waals surface area contributed by atoms with E-state index in [0.717, 1.165) is 0 Å². The van der Waals surface area contributed by atoms with Gasteiger partial charge in [0.05, 0.1) is 12.8 Å². The Kier molecular flexibility index (Phi) is 9.54. The molecule has 0 spiro atoms. The Morgan fingerprint density at radius 3 is 1.05 bits per heavy atom. The standard InChI is InChI=1S/C36H34O8/c1-3-35(37,41-31-22-18-29(19-23-31)39-27-12-7-5-8-13-27)43-33-16-11-17-34(26-33)44-36(38,4-2)42-32-24-20-30(21-25-32)40-28-14-9-6-10-15-28/h5-26,37-38H,3-4H2,1-2H3. The van der Waals surface area contributed by atoms with Crippen molar-refractivity contribution < 1.29 is 38.6 Å². The molecule has 5 aromatic carbocycles. The molecule has 2 atom stereocenters. The van der Waals surface area contributed by atoms with E-state index in [-0.39, 0.29) is 24.3 Å². The highest BCUT2D eigenvalue weighted by Gasteiger charge is 2.32. The SMILES string of the molecule is CCC(O)(Oc1ccc(Oc2ccccc2)cc1)Oc1cccc(OC(O)(CC)Oc2ccc(Oc3ccccc3)cc2)c1. The maximum Gasteiger partial charge on any atom is 0.368 e. The van der Waals surface area contributed by atoms with Gasteiger partial charge in [0.15, 0.2) is 0 Å². The Balaban J connectivity index is 1.20. The van der Waals surface area contributed by atoms with Crippen LogP contribution in [0.2, 0.25) is 0 Å². The molecule has 0 aliphatic carbocycles. The molecule has 8 nitrogen and oxygen atoms in total. The lowest BCUT2D eigenvalue weighted by molar-refractivity contribution is -0.275. The van der Waals surface area contributed by atoms with E-state index in [0.29, 0.717) is 34.5 Å². The van der Waals surface area contributed by atoms with E-state index in [2.05, 4.69) is 0 Å². The van der Waals surface area contributed by atoms with E-state index in [1.54, 1.807) is 80.6 Å². The van der Waals surface area contributed by atoms with Gasteiger partial charge < -0.3 is 38.6 Å². The molecule has 0 fully saturated rings. The second-order valence-electron chi connectivity index (χ2n) is 9.79. The molecule has 0 radical (unpaired) electrons. The van der Waals surface area contributed by atoms with Gasteiger partial charge in [0.2, 0.25) is 0 Å². The number of rotatable bonds is 14. The molecule has 0 aliphatic rings. The highest BCUT2D eigenvalue weighted by Crippen LogP contribution is 2.32. The molecule has 2 unspecified atom stereocenters. The van der Waals surface area contributed by atoms with Crippen LogP contribution >= 0.6 is 0 Å². The average molecular weight is 595 g/mol. The minimum absolute atomic E-state index is 0.117. The first-order valence-corrected chi connectivity index (χ1v) is 14.3. The van der Waals surface area contributed by atoms with Crippen molar-refractivity contribution in [2.45, 2.75) is 38.6 Å². The third-order valence-electron chi connectivity index (χ3n) is 6.41. The monoisotopic (exact) mass is 594 g/mol. The molecule has 226 valence electrons. The molecule has 8 heteroatoms. The third-order valence-corrected chi connectivity index (χ3v) is 6.41. The zero-order valence-corrected chi connectivity index (χ0v) is 24.5. The summed E-state index contributed by atoms with van der Waals surface area (Å²) >= 11 is 0. The van der Waals surface area contributed by atoms with Crippen LogP contribution in [0.5, 0.6) is 46.0 Å². The summed E-state index contributed by atoms with van der Waals surface area (Å²) in [6.45, 7) is 3.46. The maximum absolute atomic E-state index is 11.1. The molecular formula is C36H34O8. The maximum atomic E-state index is 11.1. The first-order chi connectivity index (χ1) is 21.3. The molecule has 5 rings (SSSR count). The zero-order valence-electron chi connectivity index (χ0n) is 24.5. The first kappa shape index (κ1) is 30.3. The summed E-state index contributed by atoms with van der Waals surface area (Å²) in [5.41, 5.74) is 0. The van der Waals surface area contributed by atoms with Gasteiger partial charge in [-0.3, -0.25) is 0 Å². The van der Waals surface area contributed by atoms with Crippen molar-refractivity contribution in [2.75, 3.05) is 0 Å². The van der Waals surface area contributed by atoms with Crippen molar-refractivity contribution in [1.29, 1.82) is 0 Å². The molecule has 0 saturated heterocycles. The van der Waals surface area contributed by atoms with Crippen LogP contribution in [0.1, 0.15) is 26.7 Å². The predicted molar refractivity (Wildman–Crippen MR) is 165 cm³/mol. The predicted octanol–water partition coefficient (Wildman–Crippen LogP) is 8.30. The number of hydrogen-bond acceptors (Lipinski definition) is 8. The summed E-state index contributed by atoms with van der Waals surface area (Å²) in [4.78, 5) is 0. The summed E-state index contributed by atoms with van der Waals surface area (Å²) in [5, 5.41) is 22.2. The van der Waals surface area contributed by atoms with E-state index in [1.807, 2.05) is 60.7 Å². The summed E-state index contributed by atoms with van der Waals surface area (Å²) in [7, 11) is 0. The minimum Gasteiger partial charge on any atom is -0.457 e. The van der Waals surface area contributed by atoms with Crippen LogP contribution in [0.3, 0.4) is 0 Å². The van der Waals surface area contributed by atoms with Crippen molar-refractivity contribution >= 4 is 0 Å². The van der Waals surface area contributed by atoms with Gasteiger partial charge in [0, 0.05) is 6.07 Å². The molecule has 5 aromatic rings. The number of hydrogen-bond donors (Lipinski definition) is 2. The summed E-state index contributed by atoms with van der Waals surface area (Å²) in [5.74, 6) is 0.0173. The Morgan fingerprint density at radius 1 is 0.386 bits per heavy atom. The Morgan fingerprint density at radius 2 is 0.682 bits per heavy atom. The molecule has 0 bridgehead atoms. The average Bonchev–Trinajstić information content (AvgIpc) is 3.04. The lowest BCUT2D eigenvalue weighted by Crippen LogP contribution is -2.42. The number of ether oxygens (including phenoxy) is 6. The number of aliphatic hydroxyl groups is 2. The van der Waals surface area contributed by atoms with Gasteiger partial charge in [0.1, 0.15) is 46.0 Å². The molecule has 0 aliphatic heterocycles. The topological polar surface area (TPSA) is 95.8 Å². The molecule has 44 heavy (non-hydrogen) atoms. The van der Waals surface area contributed by atoms with Crippen molar-refractivity contribution in [3.63, 3.8) is 0 Å². The minimum atomic E-state index is -1.97. The molecule has 0 aromatic heterocycles. The third kappa shape index (κ3) is 8.44. The van der Waals surface area contributed by atoms with E-state index in [9.17, 15) is 10.2 Å². The van der Waals surface area contributed by atoms with Crippen LogP contribution in [0, 0.1) is 0 Å². The normalized spacial score (nSPS) is 13.5. The van der Waals surface area contributed by atoms with Crippen LogP contribution in [-0.2, 0) is 0 Å². The van der Waals surface area contributed by atoms with Crippen molar-refractivity contribution in [3.8, 4) is 46.0 Å². The van der Waals surface area contributed by atoms with Crippen molar-refractivity contribution in [3.05, 3.63) is 133 Å². The van der Waals surface area contributed by atoms with Crippen LogP contribution in [-0.4, -0.2) is 22.2 Å². The smallest absolute Gasteiger partial charge is 0.368 e. The first-order valence-electron chi connectivity index (χ1n) is 14.3. The fourth-order valence-corrected chi connectivity index (χ4v) is 4.07. The largest absolute Gasteiger partial charge is 0.457 e.